The van der Waals surface area contributed by atoms with E-state index in [1.807, 2.05) is 0 Å². The van der Waals surface area contributed by atoms with Crippen LogP contribution in [0, 0.1) is 11.7 Å². The number of nitrogens with one attached hydrogen (secondary N) is 1. The molecule has 16 heavy (non-hydrogen) atoms. The molecule has 3 heteroatoms. The van der Waals surface area contributed by atoms with Gasteiger partial charge >= 0.3 is 0 Å². The summed E-state index contributed by atoms with van der Waals surface area (Å²) in [4.78, 5) is 0. The van der Waals surface area contributed by atoms with E-state index >= 15 is 0 Å². The zero-order chi connectivity index (χ0) is 11.5. The molecular weight excluding hydrogens is 225 g/mol. The third-order valence-corrected chi connectivity index (χ3v) is 3.47. The van der Waals surface area contributed by atoms with Gasteiger partial charge < -0.3 is 5.32 Å². The normalized spacial score (nSPS) is 17.4. The standard InChI is InChI=1S/C13H17ClFN/c1-2-13(10-4-5-10)16-8-9-3-6-12(15)11(14)7-9/h3,6-7,10,13,16H,2,4-5,8H2,1H3. The molecule has 0 bridgehead atoms. The van der Waals surface area contributed by atoms with Crippen LogP contribution in [0.3, 0.4) is 0 Å². The Kier molecular flexibility index (Phi) is 3.82. The second kappa shape index (κ2) is 5.15. The first kappa shape index (κ1) is 11.9. The molecule has 1 unspecified atom stereocenters. The number of hydrogen-bond donors (Lipinski definition) is 1. The maximum atomic E-state index is 12.9. The van der Waals surface area contributed by atoms with Crippen LogP contribution < -0.4 is 5.32 Å². The highest BCUT2D eigenvalue weighted by Crippen LogP contribution is 2.34. The van der Waals surface area contributed by atoms with Crippen LogP contribution in [0.5, 0.6) is 0 Å². The lowest BCUT2D eigenvalue weighted by Crippen LogP contribution is -2.29. The fraction of sp³-hybridized carbons (Fsp3) is 0.538. The molecule has 0 aromatic heterocycles. The topological polar surface area (TPSA) is 12.0 Å². The molecule has 1 nitrogen and oxygen atoms in total. The number of halogens is 2. The quantitative estimate of drug-likeness (QED) is 0.828. The third kappa shape index (κ3) is 2.96. The Hall–Kier alpha value is -0.600. The van der Waals surface area contributed by atoms with Crippen LogP contribution in [-0.2, 0) is 6.54 Å². The Morgan fingerprint density at radius 3 is 2.81 bits per heavy atom. The molecule has 0 aliphatic heterocycles. The highest BCUT2D eigenvalue weighted by molar-refractivity contribution is 6.30. The molecule has 2 rings (SSSR count). The van der Waals surface area contributed by atoms with E-state index < -0.39 is 0 Å². The summed E-state index contributed by atoms with van der Waals surface area (Å²) < 4.78 is 12.9. The van der Waals surface area contributed by atoms with E-state index in [2.05, 4.69) is 12.2 Å². The van der Waals surface area contributed by atoms with Crippen molar-refractivity contribution < 1.29 is 4.39 Å². The van der Waals surface area contributed by atoms with E-state index in [1.54, 1.807) is 12.1 Å². The molecule has 1 aliphatic rings. The maximum absolute atomic E-state index is 12.9. The summed E-state index contributed by atoms with van der Waals surface area (Å²) in [6.07, 6.45) is 3.84. The predicted octanol–water partition coefficient (Wildman–Crippen LogP) is 3.76. The lowest BCUT2D eigenvalue weighted by atomic mass is 10.1. The Balaban J connectivity index is 1.90. The fourth-order valence-electron chi connectivity index (χ4n) is 2.04. The SMILES string of the molecule is CCC(NCc1ccc(F)c(Cl)c1)C1CC1. The monoisotopic (exact) mass is 241 g/mol. The molecule has 1 aliphatic carbocycles. The van der Waals surface area contributed by atoms with Crippen molar-refractivity contribution in [1.29, 1.82) is 0 Å². The van der Waals surface area contributed by atoms with Crippen molar-refractivity contribution in [3.05, 3.63) is 34.6 Å². The summed E-state index contributed by atoms with van der Waals surface area (Å²) in [6.45, 7) is 2.97. The molecule has 88 valence electrons. The Morgan fingerprint density at radius 1 is 1.50 bits per heavy atom. The van der Waals surface area contributed by atoms with Gasteiger partial charge in [0.15, 0.2) is 0 Å². The zero-order valence-electron chi connectivity index (χ0n) is 9.47. The van der Waals surface area contributed by atoms with Crippen molar-refractivity contribution >= 4 is 11.6 Å². The van der Waals surface area contributed by atoms with Crippen LogP contribution in [0.1, 0.15) is 31.7 Å². The van der Waals surface area contributed by atoms with Gasteiger partial charge in [-0.05, 0) is 42.9 Å². The lowest BCUT2D eigenvalue weighted by molar-refractivity contribution is 0.449. The number of hydrogen-bond acceptors (Lipinski definition) is 1. The van der Waals surface area contributed by atoms with Gasteiger partial charge in [0.05, 0.1) is 5.02 Å². The van der Waals surface area contributed by atoms with Crippen LogP contribution in [0.25, 0.3) is 0 Å². The first-order valence-corrected chi connectivity index (χ1v) is 6.25. The molecule has 0 heterocycles. The Bertz CT molecular complexity index is 363. The smallest absolute Gasteiger partial charge is 0.141 e. The van der Waals surface area contributed by atoms with Gasteiger partial charge in [0.25, 0.3) is 0 Å². The number of rotatable bonds is 5. The van der Waals surface area contributed by atoms with E-state index in [0.29, 0.717) is 6.04 Å². The van der Waals surface area contributed by atoms with E-state index in [1.165, 1.54) is 18.9 Å². The second-order valence-corrected chi connectivity index (χ2v) is 4.89. The van der Waals surface area contributed by atoms with Gasteiger partial charge in [0.1, 0.15) is 5.82 Å². The summed E-state index contributed by atoms with van der Waals surface area (Å²) >= 11 is 5.74. The van der Waals surface area contributed by atoms with Crippen molar-refractivity contribution in [3.8, 4) is 0 Å². The molecule has 1 N–H and O–H groups in total. The minimum absolute atomic E-state index is 0.207. The van der Waals surface area contributed by atoms with Crippen LogP contribution in [-0.4, -0.2) is 6.04 Å². The fourth-order valence-corrected chi connectivity index (χ4v) is 2.24. The molecule has 0 radical (unpaired) electrons. The molecule has 1 saturated carbocycles. The van der Waals surface area contributed by atoms with Gasteiger partial charge in [0.2, 0.25) is 0 Å². The summed E-state index contributed by atoms with van der Waals surface area (Å²) in [5.41, 5.74) is 1.05. The average Bonchev–Trinajstić information content (AvgIpc) is 3.08. The van der Waals surface area contributed by atoms with Crippen molar-refractivity contribution in [1.82, 2.24) is 5.32 Å². The van der Waals surface area contributed by atoms with Crippen LogP contribution in [0.15, 0.2) is 18.2 Å². The predicted molar refractivity (Wildman–Crippen MR) is 65.1 cm³/mol. The van der Waals surface area contributed by atoms with Crippen molar-refractivity contribution in [3.63, 3.8) is 0 Å². The molecule has 1 atom stereocenters. The van der Waals surface area contributed by atoms with E-state index in [0.717, 1.165) is 24.4 Å². The highest BCUT2D eigenvalue weighted by atomic mass is 35.5. The van der Waals surface area contributed by atoms with Gasteiger partial charge in [-0.15, -0.1) is 0 Å². The van der Waals surface area contributed by atoms with Gasteiger partial charge in [0, 0.05) is 12.6 Å². The first-order valence-electron chi connectivity index (χ1n) is 5.88. The molecule has 1 aromatic carbocycles. The van der Waals surface area contributed by atoms with Crippen molar-refractivity contribution in [2.45, 2.75) is 38.8 Å². The van der Waals surface area contributed by atoms with Crippen molar-refractivity contribution in [2.24, 2.45) is 5.92 Å². The maximum Gasteiger partial charge on any atom is 0.141 e. The second-order valence-electron chi connectivity index (χ2n) is 4.48. The van der Waals surface area contributed by atoms with Crippen LogP contribution >= 0.6 is 11.6 Å². The first-order chi connectivity index (χ1) is 7.70. The highest BCUT2D eigenvalue weighted by Gasteiger charge is 2.29. The summed E-state index contributed by atoms with van der Waals surface area (Å²) in [5, 5.41) is 3.72. The Labute approximate surface area is 101 Å². The summed E-state index contributed by atoms with van der Waals surface area (Å²) in [5.74, 6) is 0.501. The van der Waals surface area contributed by atoms with Crippen LogP contribution in [0.2, 0.25) is 5.02 Å². The van der Waals surface area contributed by atoms with Gasteiger partial charge in [-0.1, -0.05) is 24.6 Å². The molecule has 0 saturated heterocycles. The number of benzene rings is 1. The Morgan fingerprint density at radius 2 is 2.25 bits per heavy atom. The van der Waals surface area contributed by atoms with Gasteiger partial charge in [-0.2, -0.15) is 0 Å². The molecule has 1 fully saturated rings. The van der Waals surface area contributed by atoms with E-state index in [4.69, 9.17) is 11.6 Å². The average molecular weight is 242 g/mol. The lowest BCUT2D eigenvalue weighted by Gasteiger charge is -2.16. The largest absolute Gasteiger partial charge is 0.310 e. The van der Waals surface area contributed by atoms with Crippen LogP contribution in [0.4, 0.5) is 4.39 Å². The summed E-state index contributed by atoms with van der Waals surface area (Å²) in [6, 6.07) is 5.51. The molecular formula is C13H17ClFN. The van der Waals surface area contributed by atoms with Gasteiger partial charge in [-0.3, -0.25) is 0 Å². The van der Waals surface area contributed by atoms with E-state index in [9.17, 15) is 4.39 Å². The minimum atomic E-state index is -0.348. The minimum Gasteiger partial charge on any atom is -0.310 e. The molecule has 0 amide bonds. The molecule has 0 spiro atoms. The zero-order valence-corrected chi connectivity index (χ0v) is 10.2. The molecule has 1 aromatic rings. The third-order valence-electron chi connectivity index (χ3n) is 3.18. The van der Waals surface area contributed by atoms with E-state index in [-0.39, 0.29) is 10.8 Å². The van der Waals surface area contributed by atoms with Gasteiger partial charge in [-0.25, -0.2) is 4.39 Å². The van der Waals surface area contributed by atoms with Crippen molar-refractivity contribution in [2.75, 3.05) is 0 Å². The summed E-state index contributed by atoms with van der Waals surface area (Å²) in [7, 11) is 0.